The van der Waals surface area contributed by atoms with Crippen LogP contribution in [0.3, 0.4) is 0 Å². The number of ether oxygens (including phenoxy) is 1. The molecule has 0 fully saturated rings. The van der Waals surface area contributed by atoms with Crippen molar-refractivity contribution in [3.05, 3.63) is 83.6 Å². The van der Waals surface area contributed by atoms with Gasteiger partial charge in [0.25, 0.3) is 15.9 Å². The third kappa shape index (κ3) is 4.44. The Balaban J connectivity index is 1.70. The summed E-state index contributed by atoms with van der Waals surface area (Å²) in [6, 6.07) is 18.4. The Kier molecular flexibility index (Phi) is 5.28. The molecule has 0 aliphatic heterocycles. The quantitative estimate of drug-likeness (QED) is 0.499. The zero-order valence-electron chi connectivity index (χ0n) is 15.0. The van der Waals surface area contributed by atoms with E-state index in [1.807, 2.05) is 12.1 Å². The van der Waals surface area contributed by atoms with E-state index < -0.39 is 10.0 Å². The van der Waals surface area contributed by atoms with Crippen LogP contribution in [0.5, 0.6) is 5.88 Å². The molecule has 146 valence electrons. The summed E-state index contributed by atoms with van der Waals surface area (Å²) in [4.78, 5) is 13.1. The lowest BCUT2D eigenvalue weighted by molar-refractivity contribution is 0.291. The molecule has 0 aliphatic carbocycles. The Morgan fingerprint density at radius 1 is 0.897 bits per heavy atom. The molecule has 0 saturated carbocycles. The fourth-order valence-electron chi connectivity index (χ4n) is 2.58. The van der Waals surface area contributed by atoms with E-state index in [9.17, 15) is 8.42 Å². The van der Waals surface area contributed by atoms with Gasteiger partial charge in [-0.05, 0) is 48.5 Å². The largest absolute Gasteiger partial charge is 0.469 e. The molecule has 9 heteroatoms. The van der Waals surface area contributed by atoms with Crippen LogP contribution in [0.4, 0.5) is 5.82 Å². The van der Waals surface area contributed by atoms with Gasteiger partial charge in [0, 0.05) is 11.2 Å². The van der Waals surface area contributed by atoms with Crippen LogP contribution in [-0.2, 0) is 16.6 Å². The average Bonchev–Trinajstić information content (AvgIpc) is 2.73. The van der Waals surface area contributed by atoms with Crippen molar-refractivity contribution in [2.75, 3.05) is 4.72 Å². The highest BCUT2D eigenvalue weighted by molar-refractivity contribution is 7.92. The number of benzene rings is 2. The SMILES string of the molecule is O=S(=O)(Nc1nc2ccccc2nc1OCc1ccccn1)c1ccc(Cl)cc1. The third-order valence-corrected chi connectivity index (χ3v) is 5.58. The second kappa shape index (κ2) is 8.02. The molecule has 0 radical (unpaired) electrons. The monoisotopic (exact) mass is 426 g/mol. The molecule has 1 N–H and O–H groups in total. The standard InChI is InChI=1S/C20H15ClN4O3S/c21-14-8-10-16(11-9-14)29(26,27)25-19-20(28-13-15-5-3-4-12-22-15)24-18-7-2-1-6-17(18)23-19/h1-12H,13H2,(H,23,25). The van der Waals surface area contributed by atoms with Gasteiger partial charge >= 0.3 is 0 Å². The maximum absolute atomic E-state index is 12.8. The van der Waals surface area contributed by atoms with Crippen LogP contribution in [0.15, 0.2) is 77.8 Å². The first-order chi connectivity index (χ1) is 14.0. The van der Waals surface area contributed by atoms with E-state index in [1.165, 1.54) is 24.3 Å². The predicted octanol–water partition coefficient (Wildman–Crippen LogP) is 4.06. The summed E-state index contributed by atoms with van der Waals surface area (Å²) in [5.41, 5.74) is 1.79. The topological polar surface area (TPSA) is 94.1 Å². The molecule has 0 saturated heterocycles. The molecule has 0 atom stereocenters. The lowest BCUT2D eigenvalue weighted by Gasteiger charge is -2.13. The van der Waals surface area contributed by atoms with Crippen molar-refractivity contribution in [1.82, 2.24) is 15.0 Å². The van der Waals surface area contributed by atoms with Crippen LogP contribution >= 0.6 is 11.6 Å². The molecule has 2 aromatic carbocycles. The van der Waals surface area contributed by atoms with Gasteiger partial charge < -0.3 is 4.74 Å². The summed E-state index contributed by atoms with van der Waals surface area (Å²) in [6.45, 7) is 0.115. The average molecular weight is 427 g/mol. The van der Waals surface area contributed by atoms with Gasteiger partial charge in [-0.15, -0.1) is 0 Å². The van der Waals surface area contributed by atoms with E-state index in [4.69, 9.17) is 16.3 Å². The highest BCUT2D eigenvalue weighted by Crippen LogP contribution is 2.27. The number of anilines is 1. The molecule has 0 bridgehead atoms. The molecule has 2 aromatic heterocycles. The van der Waals surface area contributed by atoms with Crippen molar-refractivity contribution in [2.24, 2.45) is 0 Å². The molecular formula is C20H15ClN4O3S. The lowest BCUT2D eigenvalue weighted by Crippen LogP contribution is -2.15. The first kappa shape index (κ1) is 19.1. The first-order valence-corrected chi connectivity index (χ1v) is 10.5. The Hall–Kier alpha value is -3.23. The maximum Gasteiger partial charge on any atom is 0.263 e. The Morgan fingerprint density at radius 3 is 2.28 bits per heavy atom. The first-order valence-electron chi connectivity index (χ1n) is 8.59. The second-order valence-corrected chi connectivity index (χ2v) is 8.15. The van der Waals surface area contributed by atoms with Crippen molar-refractivity contribution in [3.8, 4) is 5.88 Å². The van der Waals surface area contributed by atoms with Crippen LogP contribution in [0, 0.1) is 0 Å². The van der Waals surface area contributed by atoms with Gasteiger partial charge in [0.1, 0.15) is 6.61 Å². The molecule has 4 rings (SSSR count). The summed E-state index contributed by atoms with van der Waals surface area (Å²) in [7, 11) is -3.91. The van der Waals surface area contributed by atoms with Crippen molar-refractivity contribution in [2.45, 2.75) is 11.5 Å². The van der Waals surface area contributed by atoms with E-state index >= 15 is 0 Å². The van der Waals surface area contributed by atoms with Crippen molar-refractivity contribution >= 4 is 38.5 Å². The summed E-state index contributed by atoms with van der Waals surface area (Å²) in [5.74, 6) is 0.0569. The number of para-hydroxylation sites is 2. The number of sulfonamides is 1. The number of rotatable bonds is 6. The van der Waals surface area contributed by atoms with Crippen molar-refractivity contribution in [1.29, 1.82) is 0 Å². The lowest BCUT2D eigenvalue weighted by atomic mass is 10.3. The fourth-order valence-corrected chi connectivity index (χ4v) is 3.70. The number of hydrogen-bond acceptors (Lipinski definition) is 6. The van der Waals surface area contributed by atoms with Crippen LogP contribution in [0.1, 0.15) is 5.69 Å². The Morgan fingerprint density at radius 2 is 1.59 bits per heavy atom. The number of hydrogen-bond donors (Lipinski definition) is 1. The molecule has 0 aliphatic rings. The van der Waals surface area contributed by atoms with Gasteiger partial charge in [-0.2, -0.15) is 0 Å². The predicted molar refractivity (Wildman–Crippen MR) is 110 cm³/mol. The summed E-state index contributed by atoms with van der Waals surface area (Å²) >= 11 is 5.85. The number of nitrogens with zero attached hydrogens (tertiary/aromatic N) is 3. The van der Waals surface area contributed by atoms with Gasteiger partial charge in [-0.1, -0.05) is 29.8 Å². The van der Waals surface area contributed by atoms with Gasteiger partial charge in [-0.25, -0.2) is 18.4 Å². The van der Waals surface area contributed by atoms with E-state index in [0.29, 0.717) is 21.7 Å². The smallest absolute Gasteiger partial charge is 0.263 e. The second-order valence-electron chi connectivity index (χ2n) is 6.04. The summed E-state index contributed by atoms with van der Waals surface area (Å²) in [6.07, 6.45) is 1.65. The highest BCUT2D eigenvalue weighted by Gasteiger charge is 2.20. The Labute approximate surface area is 172 Å². The summed E-state index contributed by atoms with van der Waals surface area (Å²) < 4.78 is 33.8. The maximum atomic E-state index is 12.8. The number of nitrogens with one attached hydrogen (secondary N) is 1. The van der Waals surface area contributed by atoms with Crippen LogP contribution in [0.25, 0.3) is 11.0 Å². The molecule has 29 heavy (non-hydrogen) atoms. The molecule has 0 spiro atoms. The summed E-state index contributed by atoms with van der Waals surface area (Å²) in [5, 5.41) is 0.439. The number of aromatic nitrogens is 3. The van der Waals surface area contributed by atoms with E-state index in [-0.39, 0.29) is 23.2 Å². The molecule has 0 unspecified atom stereocenters. The number of fused-ring (bicyclic) bond motifs is 1. The van der Waals surface area contributed by atoms with Gasteiger partial charge in [-0.3, -0.25) is 9.71 Å². The zero-order chi connectivity index (χ0) is 20.3. The van der Waals surface area contributed by atoms with Gasteiger partial charge in [0.15, 0.2) is 0 Å². The molecular weight excluding hydrogens is 412 g/mol. The Bertz CT molecular complexity index is 1250. The number of pyridine rings is 1. The van der Waals surface area contributed by atoms with Crippen molar-refractivity contribution in [3.63, 3.8) is 0 Å². The highest BCUT2D eigenvalue weighted by atomic mass is 35.5. The minimum Gasteiger partial charge on any atom is -0.469 e. The van der Waals surface area contributed by atoms with E-state index in [1.54, 1.807) is 36.5 Å². The minimum absolute atomic E-state index is 0.00502. The fraction of sp³-hybridized carbons (Fsp3) is 0.0500. The molecule has 7 nitrogen and oxygen atoms in total. The van der Waals surface area contributed by atoms with E-state index in [2.05, 4.69) is 19.7 Å². The van der Waals surface area contributed by atoms with Crippen molar-refractivity contribution < 1.29 is 13.2 Å². The van der Waals surface area contributed by atoms with E-state index in [0.717, 1.165) is 0 Å². The third-order valence-electron chi connectivity index (χ3n) is 3.98. The van der Waals surface area contributed by atoms with Crippen LogP contribution in [-0.4, -0.2) is 23.4 Å². The zero-order valence-corrected chi connectivity index (χ0v) is 16.6. The minimum atomic E-state index is -3.91. The van der Waals surface area contributed by atoms with Crippen LogP contribution in [0.2, 0.25) is 5.02 Å². The molecule has 0 amide bonds. The molecule has 4 aromatic rings. The normalized spacial score (nSPS) is 11.3. The number of halogens is 1. The van der Waals surface area contributed by atoms with Gasteiger partial charge in [0.2, 0.25) is 5.82 Å². The molecule has 2 heterocycles. The van der Waals surface area contributed by atoms with Gasteiger partial charge in [0.05, 0.1) is 21.6 Å². The van der Waals surface area contributed by atoms with Crippen LogP contribution < -0.4 is 9.46 Å².